The van der Waals surface area contributed by atoms with Crippen molar-refractivity contribution in [3.05, 3.63) is 16.1 Å². The normalized spacial score (nSPS) is 13.7. The van der Waals surface area contributed by atoms with Crippen LogP contribution in [0.4, 0.5) is 0 Å². The molecular weight excluding hydrogens is 276 g/mol. The molecule has 5 nitrogen and oxygen atoms in total. The van der Waals surface area contributed by atoms with Crippen molar-refractivity contribution in [2.75, 3.05) is 26.4 Å². The van der Waals surface area contributed by atoms with Crippen LogP contribution < -0.4 is 5.32 Å². The number of thiazole rings is 1. The molecule has 6 heteroatoms. The maximum Gasteiger partial charge on any atom is 0.0897 e. The van der Waals surface area contributed by atoms with Crippen LogP contribution in [0.1, 0.15) is 30.8 Å². The second-order valence-electron chi connectivity index (χ2n) is 5.58. The third kappa shape index (κ3) is 6.76. The van der Waals surface area contributed by atoms with Gasteiger partial charge in [0.2, 0.25) is 0 Å². The zero-order valence-electron chi connectivity index (χ0n) is 12.6. The summed E-state index contributed by atoms with van der Waals surface area (Å²) in [7, 11) is 0. The molecule has 0 saturated carbocycles. The highest BCUT2D eigenvalue weighted by molar-refractivity contribution is 7.09. The number of aliphatic hydroxyl groups is 2. The molecule has 0 amide bonds. The van der Waals surface area contributed by atoms with Crippen molar-refractivity contribution in [2.24, 2.45) is 0 Å². The van der Waals surface area contributed by atoms with E-state index in [0.717, 1.165) is 12.1 Å². The second-order valence-corrected chi connectivity index (χ2v) is 6.52. The lowest BCUT2D eigenvalue weighted by Crippen LogP contribution is -2.45. The first kappa shape index (κ1) is 17.5. The fourth-order valence-electron chi connectivity index (χ4n) is 1.77. The number of β-amino-alcohol motifs (C(OH)–C–C–N with tert-alkyl or cyclic N) is 1. The molecule has 0 aliphatic heterocycles. The molecule has 0 radical (unpaired) electrons. The predicted molar refractivity (Wildman–Crippen MR) is 81.2 cm³/mol. The maximum atomic E-state index is 9.83. The topological polar surface area (TPSA) is 74.6 Å². The number of hydrogen-bond donors (Lipinski definition) is 3. The smallest absolute Gasteiger partial charge is 0.0897 e. The molecule has 0 aliphatic rings. The molecule has 1 aromatic heterocycles. The highest BCUT2D eigenvalue weighted by atomic mass is 32.1. The average molecular weight is 302 g/mol. The van der Waals surface area contributed by atoms with Crippen LogP contribution in [-0.4, -0.2) is 53.2 Å². The number of ether oxygens (including phenoxy) is 1. The van der Waals surface area contributed by atoms with Crippen molar-refractivity contribution < 1.29 is 14.9 Å². The van der Waals surface area contributed by atoms with E-state index in [4.69, 9.17) is 9.84 Å². The summed E-state index contributed by atoms with van der Waals surface area (Å²) in [6, 6.07) is 0. The Balaban J connectivity index is 2.11. The van der Waals surface area contributed by atoms with Crippen LogP contribution in [0, 0.1) is 6.92 Å². The van der Waals surface area contributed by atoms with Gasteiger partial charge >= 0.3 is 0 Å². The van der Waals surface area contributed by atoms with E-state index in [-0.39, 0.29) is 12.1 Å². The summed E-state index contributed by atoms with van der Waals surface area (Å²) in [5.41, 5.74) is 2.73. The quantitative estimate of drug-likeness (QED) is 0.565. The van der Waals surface area contributed by atoms with Gasteiger partial charge in [-0.05, 0) is 27.2 Å². The molecule has 1 unspecified atom stereocenters. The summed E-state index contributed by atoms with van der Waals surface area (Å²) in [6.07, 6.45) is 0.966. The molecule has 0 spiro atoms. The molecule has 1 rings (SSSR count). The summed E-state index contributed by atoms with van der Waals surface area (Å²) in [5, 5.41) is 22.0. The minimum atomic E-state index is -0.532. The van der Waals surface area contributed by atoms with E-state index < -0.39 is 6.10 Å². The maximum absolute atomic E-state index is 9.83. The summed E-state index contributed by atoms with van der Waals surface area (Å²) in [4.78, 5) is 5.43. The Hall–Kier alpha value is -0.530. The van der Waals surface area contributed by atoms with Crippen molar-refractivity contribution >= 4 is 11.3 Å². The third-order valence-corrected chi connectivity index (χ3v) is 4.18. The highest BCUT2D eigenvalue weighted by Crippen LogP contribution is 2.12. The van der Waals surface area contributed by atoms with Crippen LogP contribution in [0.15, 0.2) is 5.51 Å². The van der Waals surface area contributed by atoms with E-state index in [1.165, 1.54) is 4.88 Å². The van der Waals surface area contributed by atoms with Gasteiger partial charge < -0.3 is 20.3 Å². The Morgan fingerprint density at radius 1 is 1.50 bits per heavy atom. The largest absolute Gasteiger partial charge is 0.396 e. The van der Waals surface area contributed by atoms with Gasteiger partial charge in [0.15, 0.2) is 0 Å². The third-order valence-electron chi connectivity index (χ3n) is 3.18. The van der Waals surface area contributed by atoms with E-state index in [1.807, 2.05) is 26.3 Å². The fraction of sp³-hybridized carbons (Fsp3) is 0.786. The number of rotatable bonds is 10. The molecule has 3 N–H and O–H groups in total. The van der Waals surface area contributed by atoms with Crippen LogP contribution >= 0.6 is 11.3 Å². The van der Waals surface area contributed by atoms with Gasteiger partial charge in [0, 0.05) is 30.0 Å². The van der Waals surface area contributed by atoms with E-state index in [1.54, 1.807) is 11.3 Å². The Bertz CT molecular complexity index is 382. The van der Waals surface area contributed by atoms with Crippen molar-refractivity contribution in [2.45, 2.75) is 45.3 Å². The van der Waals surface area contributed by atoms with Crippen LogP contribution in [0.25, 0.3) is 0 Å². The van der Waals surface area contributed by atoms with Crippen molar-refractivity contribution in [3.8, 4) is 0 Å². The first-order valence-corrected chi connectivity index (χ1v) is 7.83. The van der Waals surface area contributed by atoms with Gasteiger partial charge in [-0.3, -0.25) is 0 Å². The monoisotopic (exact) mass is 302 g/mol. The van der Waals surface area contributed by atoms with Crippen LogP contribution in [-0.2, 0) is 11.2 Å². The highest BCUT2D eigenvalue weighted by Gasteiger charge is 2.17. The van der Waals surface area contributed by atoms with Gasteiger partial charge in [0.25, 0.3) is 0 Å². The Kier molecular flexibility index (Phi) is 7.61. The lowest BCUT2D eigenvalue weighted by Gasteiger charge is -2.27. The van der Waals surface area contributed by atoms with Crippen LogP contribution in [0.3, 0.4) is 0 Å². The van der Waals surface area contributed by atoms with E-state index in [9.17, 15) is 5.11 Å². The SMILES string of the molecule is Cc1ncsc1CCOCC(O)CNC(C)(C)CCO. The zero-order valence-corrected chi connectivity index (χ0v) is 13.4. The summed E-state index contributed by atoms with van der Waals surface area (Å²) in [5.74, 6) is 0. The second kappa shape index (κ2) is 8.69. The van der Waals surface area contributed by atoms with Gasteiger partial charge in [0.05, 0.1) is 30.5 Å². The molecule has 0 saturated heterocycles. The molecular formula is C14H26N2O3S. The number of nitrogens with zero attached hydrogens (tertiary/aromatic N) is 1. The summed E-state index contributed by atoms with van der Waals surface area (Å²) < 4.78 is 5.49. The first-order chi connectivity index (χ1) is 9.44. The summed E-state index contributed by atoms with van der Waals surface area (Å²) >= 11 is 1.64. The first-order valence-electron chi connectivity index (χ1n) is 6.95. The van der Waals surface area contributed by atoms with Crippen molar-refractivity contribution in [1.29, 1.82) is 0 Å². The lowest BCUT2D eigenvalue weighted by atomic mass is 10.0. The number of aromatic nitrogens is 1. The predicted octanol–water partition coefficient (Wildman–Crippen LogP) is 1.12. The van der Waals surface area contributed by atoms with E-state index in [2.05, 4.69) is 10.3 Å². The molecule has 116 valence electrons. The number of aryl methyl sites for hydroxylation is 1. The van der Waals surface area contributed by atoms with Gasteiger partial charge in [-0.25, -0.2) is 4.98 Å². The molecule has 1 heterocycles. The van der Waals surface area contributed by atoms with Gasteiger partial charge in [-0.2, -0.15) is 0 Å². The fourth-order valence-corrected chi connectivity index (χ4v) is 2.53. The zero-order chi connectivity index (χ0) is 15.0. The summed E-state index contributed by atoms with van der Waals surface area (Å²) in [6.45, 7) is 7.52. The molecule has 0 aromatic carbocycles. The Labute approximate surface area is 125 Å². The van der Waals surface area contributed by atoms with E-state index >= 15 is 0 Å². The minimum Gasteiger partial charge on any atom is -0.396 e. The Morgan fingerprint density at radius 3 is 2.85 bits per heavy atom. The van der Waals surface area contributed by atoms with Gasteiger partial charge in [-0.1, -0.05) is 0 Å². The van der Waals surface area contributed by atoms with Crippen LogP contribution in [0.2, 0.25) is 0 Å². The molecule has 0 bridgehead atoms. The molecule has 0 aliphatic carbocycles. The Morgan fingerprint density at radius 2 is 2.25 bits per heavy atom. The standard InChI is InChI=1S/C14H26N2O3S/c1-11-13(20-10-15-11)4-7-19-9-12(18)8-16-14(2,3)5-6-17/h10,12,16-18H,4-9H2,1-3H3. The molecule has 20 heavy (non-hydrogen) atoms. The van der Waals surface area contributed by atoms with Gasteiger partial charge in [0.1, 0.15) is 0 Å². The average Bonchev–Trinajstić information content (AvgIpc) is 2.78. The van der Waals surface area contributed by atoms with Crippen LogP contribution in [0.5, 0.6) is 0 Å². The van der Waals surface area contributed by atoms with Crippen molar-refractivity contribution in [3.63, 3.8) is 0 Å². The lowest BCUT2D eigenvalue weighted by molar-refractivity contribution is 0.0341. The number of aliphatic hydroxyl groups excluding tert-OH is 2. The van der Waals surface area contributed by atoms with Gasteiger partial charge in [-0.15, -0.1) is 11.3 Å². The number of hydrogen-bond acceptors (Lipinski definition) is 6. The molecule has 0 fully saturated rings. The number of nitrogens with one attached hydrogen (secondary N) is 1. The van der Waals surface area contributed by atoms with E-state index in [0.29, 0.717) is 26.2 Å². The molecule has 1 aromatic rings. The molecule has 1 atom stereocenters. The van der Waals surface area contributed by atoms with Crippen molar-refractivity contribution in [1.82, 2.24) is 10.3 Å². The minimum absolute atomic E-state index is 0.140.